The number of hydrogen-bond acceptors (Lipinski definition) is 30. The van der Waals surface area contributed by atoms with E-state index in [1.54, 1.807) is 67.3 Å². The number of pyridine rings is 5. The van der Waals surface area contributed by atoms with Crippen molar-refractivity contribution in [1.29, 1.82) is 0 Å². The number of carbonyl (C=O) groups excluding carboxylic acids is 7. The van der Waals surface area contributed by atoms with E-state index in [9.17, 15) is 42.2 Å². The minimum Gasteiger partial charge on any atom is -0.489 e. The second kappa shape index (κ2) is 41.5. The van der Waals surface area contributed by atoms with Crippen molar-refractivity contribution in [1.82, 2.24) is 59.6 Å². The molecule has 10 aromatic rings. The van der Waals surface area contributed by atoms with Gasteiger partial charge in [-0.25, -0.2) is 49.8 Å². The molecule has 0 aromatic carbocycles. The highest BCUT2D eigenvalue weighted by Gasteiger charge is 2.34. The summed E-state index contributed by atoms with van der Waals surface area (Å²) < 4.78 is 59.3. The Morgan fingerprint density at radius 1 is 0.441 bits per heavy atom. The molecule has 10 aromatic heterocycles. The van der Waals surface area contributed by atoms with Gasteiger partial charge in [-0.05, 0) is 82.1 Å². The van der Waals surface area contributed by atoms with Crippen LogP contribution in [0, 0.1) is 80.3 Å². The molecule has 2 atom stereocenters. The van der Waals surface area contributed by atoms with Crippen molar-refractivity contribution in [3.63, 3.8) is 0 Å². The van der Waals surface area contributed by atoms with Gasteiger partial charge in [0.05, 0.1) is 88.2 Å². The van der Waals surface area contributed by atoms with E-state index < -0.39 is 10.8 Å². The van der Waals surface area contributed by atoms with E-state index in [4.69, 9.17) is 28.4 Å². The summed E-state index contributed by atoms with van der Waals surface area (Å²) in [4.78, 5) is 132. The lowest BCUT2D eigenvalue weighted by molar-refractivity contribution is -0.140. The van der Waals surface area contributed by atoms with Crippen LogP contribution in [0.2, 0.25) is 0 Å². The number of aromatic nitrogens is 10. The summed E-state index contributed by atoms with van der Waals surface area (Å²) in [6, 6.07) is 17.5. The molecule has 624 valence electrons. The smallest absolute Gasteiger partial charge is 0.223 e. The van der Waals surface area contributed by atoms with Gasteiger partial charge >= 0.3 is 0 Å². The van der Waals surface area contributed by atoms with Crippen LogP contribution in [0.25, 0.3) is 0 Å². The quantitative estimate of drug-likeness (QED) is 0.0432. The first-order valence-electron chi connectivity index (χ1n) is 38.5. The standard InChI is InChI=1S/C20H25N3O3S.C17H19FN2O3S.C17H19N3O3S.C15H16N2O3S2.C15H16N2O2S2/c1-12(2)5-20(25)23-9-16(10-23)26-15-6-13(3)21-17(7-15)18(24)8-19-22-14(4)11-27-19;1-9-4-12(23-13-5-10(2)22-8-13)6-14(19-9)15(21)7-16-20-11(3)17(18)24-16;1-10-4-13(23-14-7-20(8-14)12(3)21)5-15(18-10)16(22)6-17-19-11(2)9-24-17;1-9-3-11(20-12-7-22(19)8-12)4-13(16-9)14(18)5-15-17-10(2)6-21-15;1-9-3-11(19-12-7-20-8-12)4-13(16-9)14(18)5-15-17-10(2)6-21-15/h6-7,11-12,16H,5,8-10H2,1-4H3;4,6,10,13H,5,7-8H2,1-3H3;4-5,9,14H,6-8H2,1-3H3;3-4,6,12H,5,7-8H2,1-2H3;3-4,6,12H,5,7-8H2,1-2H3/t;10-,13-;;;/m.1.../s1. The van der Waals surface area contributed by atoms with Crippen LogP contribution in [0.1, 0.15) is 175 Å². The van der Waals surface area contributed by atoms with Gasteiger partial charge in [-0.1, -0.05) is 25.2 Å². The summed E-state index contributed by atoms with van der Waals surface area (Å²) in [5, 5.41) is 11.1. The summed E-state index contributed by atoms with van der Waals surface area (Å²) in [6.07, 6.45) is 2.82. The summed E-state index contributed by atoms with van der Waals surface area (Å²) in [5.41, 5.74) is 9.68. The number of thioether (sulfide) groups is 1. The van der Waals surface area contributed by atoms with Gasteiger partial charge in [-0.15, -0.1) is 45.3 Å². The Balaban J connectivity index is 0.000000145. The van der Waals surface area contributed by atoms with Crippen molar-refractivity contribution in [2.45, 2.75) is 179 Å². The van der Waals surface area contributed by atoms with Gasteiger partial charge in [0.1, 0.15) is 113 Å². The topological polar surface area (TPSA) is 327 Å². The number of ether oxygens (including phenoxy) is 6. The van der Waals surface area contributed by atoms with E-state index in [0.717, 1.165) is 101 Å². The fraction of sp³-hybridized carbons (Fsp3) is 0.440. The number of Topliss-reactive ketones (excluding diaryl/α,β-unsaturated/α-hetero) is 5. The van der Waals surface area contributed by atoms with Gasteiger partial charge in [-0.2, -0.15) is 16.2 Å². The largest absolute Gasteiger partial charge is 0.489 e. The predicted molar refractivity (Wildman–Crippen MR) is 455 cm³/mol. The van der Waals surface area contributed by atoms with Crippen molar-refractivity contribution in [3.8, 4) is 28.7 Å². The zero-order valence-electron chi connectivity index (χ0n) is 68.3. The van der Waals surface area contributed by atoms with Crippen molar-refractivity contribution in [2.75, 3.05) is 55.8 Å². The Morgan fingerprint density at radius 3 is 1.03 bits per heavy atom. The van der Waals surface area contributed by atoms with Crippen LogP contribution in [-0.2, 0) is 57.2 Å². The number of likely N-dealkylation sites (tertiary alicyclic amines) is 2. The normalized spacial score (nSPS) is 16.8. The molecule has 15 rings (SSSR count). The first kappa shape index (κ1) is 89.4. The Hall–Kier alpha value is -9.42. The third-order valence-electron chi connectivity index (χ3n) is 18.2. The minimum absolute atomic E-state index is 0.0131. The molecule has 15 heterocycles. The number of halogens is 1. The number of nitrogens with zero attached hydrogens (tertiary/aromatic N) is 12. The fourth-order valence-electron chi connectivity index (χ4n) is 12.3. The summed E-state index contributed by atoms with van der Waals surface area (Å²) in [7, 11) is -0.754. The van der Waals surface area contributed by atoms with E-state index >= 15 is 0 Å². The molecular formula is C84H95FN12O14S7. The third kappa shape index (κ3) is 27.0. The molecule has 0 spiro atoms. The zero-order valence-corrected chi connectivity index (χ0v) is 74.0. The fourth-order valence-corrected chi connectivity index (χ4v) is 17.6. The number of ketones is 5. The highest BCUT2D eigenvalue weighted by Crippen LogP contribution is 2.30. The molecular weight excluding hydrogens is 1640 g/mol. The lowest BCUT2D eigenvalue weighted by atomic mass is 10.1. The Morgan fingerprint density at radius 2 is 0.763 bits per heavy atom. The number of hydrogen-bond donors (Lipinski definition) is 0. The minimum atomic E-state index is -0.754. The molecule has 0 saturated carbocycles. The maximum atomic E-state index is 13.4. The van der Waals surface area contributed by atoms with Crippen LogP contribution in [0.4, 0.5) is 4.39 Å². The number of aryl methyl sites for hydroxylation is 10. The molecule has 0 aliphatic carbocycles. The predicted octanol–water partition coefficient (Wildman–Crippen LogP) is 13.8. The van der Waals surface area contributed by atoms with Crippen LogP contribution in [0.15, 0.2) is 82.2 Å². The molecule has 0 N–H and O–H groups in total. The second-order valence-electron chi connectivity index (χ2n) is 29.9. The first-order valence-corrected chi connectivity index (χ1v) is 45.4. The molecule has 5 aliphatic heterocycles. The van der Waals surface area contributed by atoms with Gasteiger partial charge in [0.2, 0.25) is 11.8 Å². The lowest BCUT2D eigenvalue weighted by Crippen LogP contribution is -2.56. The second-order valence-corrected chi connectivity index (χ2v) is 37.3. The number of amides is 2. The highest BCUT2D eigenvalue weighted by molar-refractivity contribution is 8.00. The van der Waals surface area contributed by atoms with Crippen LogP contribution >= 0.6 is 68.4 Å². The summed E-state index contributed by atoms with van der Waals surface area (Å²) >= 11 is 8.72. The Labute approximate surface area is 711 Å². The molecule has 0 bridgehead atoms. The Kier molecular flexibility index (Phi) is 31.4. The zero-order chi connectivity index (χ0) is 84.6. The molecule has 5 aliphatic rings. The number of thiazole rings is 5. The van der Waals surface area contributed by atoms with Crippen molar-refractivity contribution >= 4 is 120 Å². The average molecular weight is 1740 g/mol. The molecule has 118 heavy (non-hydrogen) atoms. The Bertz CT molecular complexity index is 5250. The molecule has 5 fully saturated rings. The van der Waals surface area contributed by atoms with Gasteiger partial charge in [0.15, 0.2) is 34.0 Å². The highest BCUT2D eigenvalue weighted by atomic mass is 32.2. The SMILES string of the molecule is CC(=O)N1CC(Oc2cc(C)nc(C(=O)Cc3nc(C)cs3)c2)C1.Cc1cc(OC2CN(C(=O)CC(C)C)C2)cc(C(=O)Cc2nc(C)cs2)n1.Cc1cc(OC2CS(=O)C2)cc(C(=O)Cc2nc(C)cs2)n1.Cc1cc(OC2CSC2)cc(C(=O)Cc2nc(C)cs2)n1.Cc1cc(O[C@H]2CO[C@H](C)C2)cc(C(=O)Cc2nc(C)c(F)s2)n1. The average Bonchev–Trinajstić information content (AvgIpc) is 0.974. The van der Waals surface area contributed by atoms with E-state index in [1.165, 1.54) is 45.3 Å². The monoisotopic (exact) mass is 1740 g/mol. The summed E-state index contributed by atoms with van der Waals surface area (Å²) in [6.45, 7) is 29.0. The van der Waals surface area contributed by atoms with Gasteiger partial charge < -0.3 is 38.2 Å². The number of carbonyl (C=O) groups is 7. The van der Waals surface area contributed by atoms with Gasteiger partial charge in [0, 0.05) is 175 Å². The van der Waals surface area contributed by atoms with Crippen molar-refractivity contribution in [3.05, 3.63) is 198 Å². The molecule has 0 unspecified atom stereocenters. The van der Waals surface area contributed by atoms with Crippen LogP contribution in [0.3, 0.4) is 0 Å². The first-order chi connectivity index (χ1) is 56.2. The maximum absolute atomic E-state index is 13.4. The molecule has 34 heteroatoms. The lowest BCUT2D eigenvalue weighted by Gasteiger charge is -2.39. The third-order valence-corrected chi connectivity index (χ3v) is 25.7. The molecule has 2 amide bonds. The van der Waals surface area contributed by atoms with E-state index in [-0.39, 0.29) is 108 Å². The van der Waals surface area contributed by atoms with Crippen LogP contribution in [-0.4, -0.2) is 197 Å². The van der Waals surface area contributed by atoms with Crippen LogP contribution < -0.4 is 23.7 Å². The van der Waals surface area contributed by atoms with Gasteiger partial charge in [0.25, 0.3) is 0 Å². The molecule has 26 nitrogen and oxygen atoms in total. The maximum Gasteiger partial charge on any atom is 0.223 e. The van der Waals surface area contributed by atoms with E-state index in [2.05, 4.69) is 49.8 Å². The van der Waals surface area contributed by atoms with Gasteiger partial charge in [-0.3, -0.25) is 37.8 Å². The number of rotatable bonds is 27. The molecule has 0 radical (unpaired) electrons. The van der Waals surface area contributed by atoms with Crippen molar-refractivity contribution in [2.24, 2.45) is 5.92 Å². The van der Waals surface area contributed by atoms with Crippen LogP contribution in [0.5, 0.6) is 28.7 Å². The van der Waals surface area contributed by atoms with E-state index in [1.807, 2.05) is 133 Å². The van der Waals surface area contributed by atoms with E-state index in [0.29, 0.717) is 131 Å². The summed E-state index contributed by atoms with van der Waals surface area (Å²) in [5.74, 6) is 6.52. The molecule has 5 saturated heterocycles. The van der Waals surface area contributed by atoms with Crippen molar-refractivity contribution < 1.29 is 70.6 Å².